The van der Waals surface area contributed by atoms with Crippen LogP contribution in [-0.2, 0) is 14.4 Å². The van der Waals surface area contributed by atoms with Crippen molar-refractivity contribution >= 4 is 17.9 Å². The fourth-order valence-electron chi connectivity index (χ4n) is 2.95. The monoisotopic (exact) mass is 506 g/mol. The second-order valence-corrected chi connectivity index (χ2v) is 8.52. The van der Waals surface area contributed by atoms with Crippen LogP contribution in [0, 0.1) is 11.8 Å². The molecule has 3 aromatic carbocycles. The Morgan fingerprint density at radius 2 is 1.00 bits per heavy atom. The van der Waals surface area contributed by atoms with Gasteiger partial charge >= 0.3 is 17.9 Å². The van der Waals surface area contributed by atoms with Gasteiger partial charge in [0.25, 0.3) is 0 Å². The molecule has 6 heteroatoms. The summed E-state index contributed by atoms with van der Waals surface area (Å²) < 4.78 is 16.0. The van der Waals surface area contributed by atoms with Crippen molar-refractivity contribution in [2.75, 3.05) is 0 Å². The lowest BCUT2D eigenvalue weighted by Gasteiger charge is -2.12. The molecule has 0 aliphatic carbocycles. The molecule has 0 N–H and O–H groups in total. The summed E-state index contributed by atoms with van der Waals surface area (Å²) >= 11 is 0. The van der Waals surface area contributed by atoms with E-state index in [1.54, 1.807) is 87.5 Å². The van der Waals surface area contributed by atoms with Gasteiger partial charge in [-0.05, 0) is 80.9 Å². The van der Waals surface area contributed by atoms with E-state index in [4.69, 9.17) is 14.2 Å². The van der Waals surface area contributed by atoms with Gasteiger partial charge in [-0.15, -0.1) is 0 Å². The molecule has 0 aromatic heterocycles. The molecule has 190 valence electrons. The van der Waals surface area contributed by atoms with E-state index in [9.17, 15) is 14.4 Å². The fourth-order valence-corrected chi connectivity index (χ4v) is 2.95. The maximum atomic E-state index is 12.3. The first-order chi connectivity index (χ1) is 18.0. The Balaban J connectivity index is 1.88. The molecule has 38 heavy (non-hydrogen) atoms. The molecule has 0 aliphatic heterocycles. The summed E-state index contributed by atoms with van der Waals surface area (Å²) in [6, 6.07) is 18.8. The predicted octanol–water partition coefficient (Wildman–Crippen LogP) is 6.20. The lowest BCUT2D eigenvalue weighted by atomic mass is 10.0. The van der Waals surface area contributed by atoms with E-state index in [1.165, 1.54) is 0 Å². The lowest BCUT2D eigenvalue weighted by Crippen LogP contribution is -2.09. The Kier molecular flexibility index (Phi) is 8.81. The van der Waals surface area contributed by atoms with Gasteiger partial charge in [0, 0.05) is 33.4 Å². The molecule has 0 radical (unpaired) electrons. The molecule has 0 saturated carbocycles. The van der Waals surface area contributed by atoms with E-state index >= 15 is 0 Å². The van der Waals surface area contributed by atoms with Gasteiger partial charge in [0.05, 0.1) is 0 Å². The highest BCUT2D eigenvalue weighted by Crippen LogP contribution is 2.33. The molecular formula is C32H26O6. The van der Waals surface area contributed by atoms with E-state index < -0.39 is 17.9 Å². The zero-order valence-corrected chi connectivity index (χ0v) is 21.4. The van der Waals surface area contributed by atoms with Crippen molar-refractivity contribution < 1.29 is 28.6 Å². The molecule has 0 atom stereocenters. The van der Waals surface area contributed by atoms with Crippen LogP contribution >= 0.6 is 0 Å². The van der Waals surface area contributed by atoms with Crippen LogP contribution in [0.5, 0.6) is 17.2 Å². The molecule has 0 aliphatic rings. The number of esters is 3. The minimum Gasteiger partial charge on any atom is -0.423 e. The molecule has 0 unspecified atom stereocenters. The minimum atomic E-state index is -0.566. The molecule has 0 amide bonds. The zero-order valence-electron chi connectivity index (χ0n) is 21.4. The van der Waals surface area contributed by atoms with Gasteiger partial charge in [-0.25, -0.2) is 14.4 Å². The third-order valence-electron chi connectivity index (χ3n) is 5.02. The van der Waals surface area contributed by atoms with Crippen molar-refractivity contribution in [3.8, 4) is 40.2 Å². The zero-order chi connectivity index (χ0) is 27.8. The summed E-state index contributed by atoms with van der Waals surface area (Å²) in [5.41, 5.74) is 3.55. The van der Waals surface area contributed by atoms with Crippen LogP contribution in [0.25, 0.3) is 11.1 Å². The molecular weight excluding hydrogens is 480 g/mol. The first kappa shape index (κ1) is 27.4. The van der Waals surface area contributed by atoms with Crippen LogP contribution in [0.4, 0.5) is 0 Å². The van der Waals surface area contributed by atoms with Gasteiger partial charge in [-0.2, -0.15) is 0 Å². The predicted molar refractivity (Wildman–Crippen MR) is 146 cm³/mol. The average Bonchev–Trinajstić information content (AvgIpc) is 2.88. The lowest BCUT2D eigenvalue weighted by molar-refractivity contribution is -0.130. The summed E-state index contributed by atoms with van der Waals surface area (Å²) in [5, 5.41) is 0. The third-order valence-corrected chi connectivity index (χ3v) is 5.02. The summed E-state index contributed by atoms with van der Waals surface area (Å²) in [6.45, 7) is 15.5. The van der Waals surface area contributed by atoms with Gasteiger partial charge in [-0.1, -0.05) is 43.7 Å². The first-order valence-corrected chi connectivity index (χ1v) is 11.5. The molecule has 3 aromatic rings. The van der Waals surface area contributed by atoms with Crippen LogP contribution in [0.3, 0.4) is 0 Å². The van der Waals surface area contributed by atoms with Gasteiger partial charge in [-0.3, -0.25) is 0 Å². The minimum absolute atomic E-state index is 0.252. The van der Waals surface area contributed by atoms with Gasteiger partial charge < -0.3 is 14.2 Å². The van der Waals surface area contributed by atoms with Crippen LogP contribution in [-0.4, -0.2) is 17.9 Å². The molecule has 6 nitrogen and oxygen atoms in total. The van der Waals surface area contributed by atoms with E-state index in [-0.39, 0.29) is 5.57 Å². The number of ether oxygens (including phenoxy) is 3. The van der Waals surface area contributed by atoms with Crippen molar-refractivity contribution in [2.45, 2.75) is 20.8 Å². The normalized spacial score (nSPS) is 9.87. The Morgan fingerprint density at radius 3 is 1.50 bits per heavy atom. The highest BCUT2D eigenvalue weighted by Gasteiger charge is 2.13. The fraction of sp³-hybridized carbons (Fsp3) is 0.0938. The Labute approximate surface area is 221 Å². The highest BCUT2D eigenvalue weighted by atomic mass is 16.5. The van der Waals surface area contributed by atoms with E-state index in [0.717, 1.165) is 5.56 Å². The summed E-state index contributed by atoms with van der Waals surface area (Å²) in [5.74, 6) is 5.57. The van der Waals surface area contributed by atoms with Gasteiger partial charge in [0.15, 0.2) is 0 Å². The maximum absolute atomic E-state index is 12.3. The van der Waals surface area contributed by atoms with E-state index in [2.05, 4.69) is 31.6 Å². The molecule has 0 bridgehead atoms. The molecule has 0 spiro atoms. The Hall–Kier alpha value is -5.15. The standard InChI is InChI=1S/C32H26O6/c1-20(2)30(33)36-26-14-9-23(10-15-26)7-8-24-11-18-28(29(19-24)38-32(35)22(5)6)25-12-16-27(17-13-25)37-31(34)21(3)4/h9-19H,1,3,5H2,2,4,6H3. The largest absolute Gasteiger partial charge is 0.423 e. The van der Waals surface area contributed by atoms with E-state index in [1.807, 2.05) is 0 Å². The third kappa shape index (κ3) is 7.42. The number of hydrogen-bond acceptors (Lipinski definition) is 6. The van der Waals surface area contributed by atoms with Crippen molar-refractivity contribution in [1.82, 2.24) is 0 Å². The first-order valence-electron chi connectivity index (χ1n) is 11.5. The maximum Gasteiger partial charge on any atom is 0.338 e. The number of carbonyl (C=O) groups is 3. The van der Waals surface area contributed by atoms with Crippen molar-refractivity contribution in [3.05, 3.63) is 114 Å². The molecule has 0 saturated heterocycles. The van der Waals surface area contributed by atoms with Crippen LogP contribution in [0.1, 0.15) is 31.9 Å². The van der Waals surface area contributed by atoms with Crippen LogP contribution in [0.2, 0.25) is 0 Å². The molecule has 0 heterocycles. The van der Waals surface area contributed by atoms with Crippen LogP contribution in [0.15, 0.2) is 103 Å². The number of benzene rings is 3. The summed E-state index contributed by atoms with van der Waals surface area (Å²) in [7, 11) is 0. The second kappa shape index (κ2) is 12.2. The summed E-state index contributed by atoms with van der Waals surface area (Å²) in [4.78, 5) is 35.7. The quantitative estimate of drug-likeness (QED) is 0.164. The number of hydrogen-bond donors (Lipinski definition) is 0. The number of carbonyl (C=O) groups excluding carboxylic acids is 3. The second-order valence-electron chi connectivity index (χ2n) is 8.52. The average molecular weight is 507 g/mol. The molecule has 0 fully saturated rings. The Bertz CT molecular complexity index is 1500. The molecule has 3 rings (SSSR count). The topological polar surface area (TPSA) is 78.9 Å². The van der Waals surface area contributed by atoms with Crippen molar-refractivity contribution in [2.24, 2.45) is 0 Å². The summed E-state index contributed by atoms with van der Waals surface area (Å²) in [6.07, 6.45) is 0. The smallest absolute Gasteiger partial charge is 0.338 e. The van der Waals surface area contributed by atoms with Crippen LogP contribution < -0.4 is 14.2 Å². The van der Waals surface area contributed by atoms with Crippen molar-refractivity contribution in [1.29, 1.82) is 0 Å². The SMILES string of the molecule is C=C(C)C(=O)Oc1ccc(C#Cc2ccc(-c3ccc(OC(=O)C(=C)C)cc3)c(OC(=O)C(=C)C)c2)cc1. The highest BCUT2D eigenvalue weighted by molar-refractivity contribution is 5.91. The Morgan fingerprint density at radius 1 is 0.579 bits per heavy atom. The van der Waals surface area contributed by atoms with Gasteiger partial charge in [0.1, 0.15) is 17.2 Å². The van der Waals surface area contributed by atoms with Gasteiger partial charge in [0.2, 0.25) is 0 Å². The van der Waals surface area contributed by atoms with Crippen molar-refractivity contribution in [3.63, 3.8) is 0 Å². The van der Waals surface area contributed by atoms with E-state index in [0.29, 0.717) is 45.1 Å². The number of rotatable bonds is 7.